The molecule has 2 heterocycles. The van der Waals surface area contributed by atoms with Gasteiger partial charge in [-0.05, 0) is 31.2 Å². The molecular weight excluding hydrogens is 276 g/mol. The zero-order valence-corrected chi connectivity index (χ0v) is 11.9. The van der Waals surface area contributed by atoms with Gasteiger partial charge in [0, 0.05) is 35.8 Å². The molecular formula is C14H15ClN4O. The number of anilines is 1. The Kier molecular flexibility index (Phi) is 3.46. The Labute approximate surface area is 121 Å². The summed E-state index contributed by atoms with van der Waals surface area (Å²) >= 11 is 5.83. The van der Waals surface area contributed by atoms with Crippen molar-refractivity contribution in [2.75, 3.05) is 11.9 Å². The summed E-state index contributed by atoms with van der Waals surface area (Å²) in [6.07, 6.45) is 0.810. The van der Waals surface area contributed by atoms with Gasteiger partial charge in [-0.2, -0.15) is 9.78 Å². The van der Waals surface area contributed by atoms with Crippen LogP contribution in [-0.4, -0.2) is 22.4 Å². The number of carbonyl (C=O) groups excluding carboxylic acids is 1. The summed E-state index contributed by atoms with van der Waals surface area (Å²) in [5.74, 6) is 0. The quantitative estimate of drug-likeness (QED) is 0.849. The molecule has 1 aromatic heterocycles. The van der Waals surface area contributed by atoms with Gasteiger partial charge in [-0.15, -0.1) is 0 Å². The van der Waals surface area contributed by atoms with Crippen LogP contribution in [0.15, 0.2) is 24.3 Å². The number of aromatic nitrogens is 2. The topological polar surface area (TPSA) is 59.0 Å². The van der Waals surface area contributed by atoms with Gasteiger partial charge in [0.05, 0.1) is 11.4 Å². The number of hydrogen-bond donors (Lipinski definition) is 2. The summed E-state index contributed by atoms with van der Waals surface area (Å²) in [5.41, 5.74) is 3.73. The van der Waals surface area contributed by atoms with Crippen molar-refractivity contribution >= 4 is 23.3 Å². The van der Waals surface area contributed by atoms with E-state index in [1.54, 1.807) is 24.3 Å². The maximum atomic E-state index is 12.3. The Hall–Kier alpha value is -1.85. The molecule has 0 aliphatic carbocycles. The number of fused-ring (bicyclic) bond motifs is 1. The molecule has 6 heteroatoms. The van der Waals surface area contributed by atoms with E-state index in [9.17, 15) is 4.79 Å². The van der Waals surface area contributed by atoms with Crippen LogP contribution in [0.1, 0.15) is 17.0 Å². The SMILES string of the molecule is Cc1nn(C(=O)Nc2ccc(Cl)cc2)c2c1CNCC2. The maximum absolute atomic E-state index is 12.3. The largest absolute Gasteiger partial charge is 0.346 e. The smallest absolute Gasteiger partial charge is 0.312 e. The Morgan fingerprint density at radius 2 is 2.15 bits per heavy atom. The predicted molar refractivity (Wildman–Crippen MR) is 78.2 cm³/mol. The second-order valence-corrected chi connectivity index (χ2v) is 5.22. The number of nitrogens with zero attached hydrogens (tertiary/aromatic N) is 2. The van der Waals surface area contributed by atoms with Crippen molar-refractivity contribution in [3.8, 4) is 0 Å². The van der Waals surface area contributed by atoms with E-state index in [4.69, 9.17) is 11.6 Å². The number of aryl methyl sites for hydroxylation is 1. The molecule has 0 fully saturated rings. The first-order valence-electron chi connectivity index (χ1n) is 6.50. The Morgan fingerprint density at radius 1 is 1.40 bits per heavy atom. The van der Waals surface area contributed by atoms with Gasteiger partial charge in [0.2, 0.25) is 0 Å². The molecule has 0 saturated carbocycles. The van der Waals surface area contributed by atoms with Crippen LogP contribution in [0.2, 0.25) is 5.02 Å². The zero-order chi connectivity index (χ0) is 14.1. The lowest BCUT2D eigenvalue weighted by Gasteiger charge is -2.15. The van der Waals surface area contributed by atoms with Gasteiger partial charge in [-0.25, -0.2) is 4.79 Å². The van der Waals surface area contributed by atoms with Gasteiger partial charge in [0.15, 0.2) is 0 Å². The van der Waals surface area contributed by atoms with E-state index < -0.39 is 0 Å². The van der Waals surface area contributed by atoms with E-state index in [1.165, 1.54) is 4.68 Å². The molecule has 0 bridgehead atoms. The fourth-order valence-corrected chi connectivity index (χ4v) is 2.52. The summed E-state index contributed by atoms with van der Waals surface area (Å²) in [7, 11) is 0. The van der Waals surface area contributed by atoms with Gasteiger partial charge >= 0.3 is 6.03 Å². The molecule has 0 radical (unpaired) electrons. The average Bonchev–Trinajstić information content (AvgIpc) is 2.79. The Bertz CT molecular complexity index is 648. The number of nitrogens with one attached hydrogen (secondary N) is 2. The first-order chi connectivity index (χ1) is 9.65. The van der Waals surface area contributed by atoms with E-state index in [2.05, 4.69) is 15.7 Å². The first-order valence-corrected chi connectivity index (χ1v) is 6.88. The molecule has 2 aromatic rings. The highest BCUT2D eigenvalue weighted by atomic mass is 35.5. The number of rotatable bonds is 1. The fraction of sp³-hybridized carbons (Fsp3) is 0.286. The summed E-state index contributed by atoms with van der Waals surface area (Å²) in [6.45, 7) is 3.57. The Balaban J connectivity index is 1.86. The highest BCUT2D eigenvalue weighted by Gasteiger charge is 2.21. The van der Waals surface area contributed by atoms with Crippen molar-refractivity contribution in [3.63, 3.8) is 0 Å². The highest BCUT2D eigenvalue weighted by molar-refractivity contribution is 6.30. The minimum absolute atomic E-state index is 0.237. The summed E-state index contributed by atoms with van der Waals surface area (Å²) in [5, 5.41) is 11.1. The molecule has 0 spiro atoms. The van der Waals surface area contributed by atoms with Gasteiger partial charge in [0.1, 0.15) is 0 Å². The monoisotopic (exact) mass is 290 g/mol. The van der Waals surface area contributed by atoms with Gasteiger partial charge < -0.3 is 10.6 Å². The first kappa shape index (κ1) is 13.1. The summed E-state index contributed by atoms with van der Waals surface area (Å²) in [6, 6.07) is 6.78. The van der Waals surface area contributed by atoms with Gasteiger partial charge in [0.25, 0.3) is 0 Å². The van der Waals surface area contributed by atoms with Crippen molar-refractivity contribution < 1.29 is 4.79 Å². The lowest BCUT2D eigenvalue weighted by Crippen LogP contribution is -2.28. The van der Waals surface area contributed by atoms with Crippen LogP contribution in [0.4, 0.5) is 10.5 Å². The third-order valence-electron chi connectivity index (χ3n) is 3.42. The molecule has 0 atom stereocenters. The van der Waals surface area contributed by atoms with Crippen LogP contribution in [0.3, 0.4) is 0 Å². The van der Waals surface area contributed by atoms with Crippen molar-refractivity contribution in [3.05, 3.63) is 46.2 Å². The van der Waals surface area contributed by atoms with Crippen LogP contribution in [0.5, 0.6) is 0 Å². The van der Waals surface area contributed by atoms with Crippen LogP contribution in [0, 0.1) is 6.92 Å². The lowest BCUT2D eigenvalue weighted by atomic mass is 10.1. The van der Waals surface area contributed by atoms with E-state index >= 15 is 0 Å². The predicted octanol–water partition coefficient (Wildman–Crippen LogP) is 2.57. The van der Waals surface area contributed by atoms with E-state index in [0.29, 0.717) is 10.7 Å². The van der Waals surface area contributed by atoms with Crippen molar-refractivity contribution in [2.45, 2.75) is 19.9 Å². The molecule has 1 aliphatic heterocycles. The molecule has 5 nitrogen and oxygen atoms in total. The molecule has 0 unspecified atom stereocenters. The summed E-state index contributed by atoms with van der Waals surface area (Å²) in [4.78, 5) is 12.3. The van der Waals surface area contributed by atoms with Crippen LogP contribution < -0.4 is 10.6 Å². The van der Waals surface area contributed by atoms with Gasteiger partial charge in [-0.1, -0.05) is 11.6 Å². The third kappa shape index (κ3) is 2.42. The van der Waals surface area contributed by atoms with E-state index in [0.717, 1.165) is 36.5 Å². The van der Waals surface area contributed by atoms with Gasteiger partial charge in [-0.3, -0.25) is 0 Å². The average molecular weight is 291 g/mol. The Morgan fingerprint density at radius 3 is 2.90 bits per heavy atom. The molecule has 1 amide bonds. The normalized spacial score (nSPS) is 13.9. The van der Waals surface area contributed by atoms with E-state index in [1.807, 2.05) is 6.92 Å². The molecule has 20 heavy (non-hydrogen) atoms. The molecule has 1 aromatic carbocycles. The van der Waals surface area contributed by atoms with Crippen molar-refractivity contribution in [2.24, 2.45) is 0 Å². The minimum atomic E-state index is -0.237. The number of halogens is 1. The van der Waals surface area contributed by atoms with E-state index in [-0.39, 0.29) is 6.03 Å². The van der Waals surface area contributed by atoms with Crippen LogP contribution in [-0.2, 0) is 13.0 Å². The molecule has 3 rings (SSSR count). The highest BCUT2D eigenvalue weighted by Crippen LogP contribution is 2.19. The number of hydrogen-bond acceptors (Lipinski definition) is 3. The van der Waals surface area contributed by atoms with Crippen LogP contribution in [0.25, 0.3) is 0 Å². The minimum Gasteiger partial charge on any atom is -0.312 e. The molecule has 1 aliphatic rings. The van der Waals surface area contributed by atoms with Crippen LogP contribution >= 0.6 is 11.6 Å². The third-order valence-corrected chi connectivity index (χ3v) is 3.67. The van der Waals surface area contributed by atoms with Crippen molar-refractivity contribution in [1.29, 1.82) is 0 Å². The number of carbonyl (C=O) groups is 1. The maximum Gasteiger partial charge on any atom is 0.346 e. The number of amides is 1. The molecule has 104 valence electrons. The second-order valence-electron chi connectivity index (χ2n) is 4.79. The summed E-state index contributed by atoms with van der Waals surface area (Å²) < 4.78 is 1.47. The van der Waals surface area contributed by atoms with Crippen molar-refractivity contribution in [1.82, 2.24) is 15.1 Å². The lowest BCUT2D eigenvalue weighted by molar-refractivity contribution is 0.250. The molecule has 0 saturated heterocycles. The fourth-order valence-electron chi connectivity index (χ4n) is 2.39. The second kappa shape index (κ2) is 5.26. The standard InChI is InChI=1S/C14H15ClN4O/c1-9-12-8-16-7-6-13(12)19(18-9)14(20)17-11-4-2-10(15)3-5-11/h2-5,16H,6-8H2,1H3,(H,17,20). The molecule has 2 N–H and O–H groups in total. The number of benzene rings is 1. The zero-order valence-electron chi connectivity index (χ0n) is 11.1.